The molecule has 40 heavy (non-hydrogen) atoms. The lowest BCUT2D eigenvalue weighted by atomic mass is 10.2. The Bertz CT molecular complexity index is 812. The summed E-state index contributed by atoms with van der Waals surface area (Å²) >= 11 is 0. The van der Waals surface area contributed by atoms with Gasteiger partial charge in [-0.2, -0.15) is 0 Å². The van der Waals surface area contributed by atoms with E-state index < -0.39 is 8.32 Å². The molecule has 1 N–H and O–H groups in total. The van der Waals surface area contributed by atoms with Crippen LogP contribution in [0.4, 0.5) is 0 Å². The van der Waals surface area contributed by atoms with Gasteiger partial charge in [-0.25, -0.2) is 0 Å². The Hall–Kier alpha value is -1.66. The summed E-state index contributed by atoms with van der Waals surface area (Å²) < 4.78 is 40.1. The van der Waals surface area contributed by atoms with Crippen LogP contribution >= 0.6 is 0 Å². The van der Waals surface area contributed by atoms with Crippen LogP contribution in [-0.2, 0) is 32.8 Å². The van der Waals surface area contributed by atoms with Gasteiger partial charge in [0.15, 0.2) is 0 Å². The molecular formula is C31H51NO7Si. The third kappa shape index (κ3) is 12.9. The fourth-order valence-electron chi connectivity index (χ4n) is 4.39. The van der Waals surface area contributed by atoms with Gasteiger partial charge in [-0.05, 0) is 22.5 Å². The Kier molecular flexibility index (Phi) is 18.2. The highest BCUT2D eigenvalue weighted by atomic mass is 28.4. The smallest absolute Gasteiger partial charge is 0.261 e. The van der Waals surface area contributed by atoms with Gasteiger partial charge in [0.05, 0.1) is 85.9 Å². The van der Waals surface area contributed by atoms with E-state index in [4.69, 9.17) is 32.8 Å². The van der Waals surface area contributed by atoms with Gasteiger partial charge in [0.2, 0.25) is 0 Å². The number of benzene rings is 2. The molecule has 0 bridgehead atoms. The third-order valence-electron chi connectivity index (χ3n) is 6.32. The topological polar surface area (TPSA) is 76.6 Å². The molecule has 2 aromatic carbocycles. The summed E-state index contributed by atoms with van der Waals surface area (Å²) in [6, 6.07) is 21.3. The fraction of sp³-hybridized carbons (Fsp3) is 0.613. The zero-order valence-electron chi connectivity index (χ0n) is 25.0. The summed E-state index contributed by atoms with van der Waals surface area (Å²) in [6.45, 7) is 14.9. The second kappa shape index (κ2) is 21.1. The summed E-state index contributed by atoms with van der Waals surface area (Å²) in [7, 11) is -0.614. The lowest BCUT2D eigenvalue weighted by molar-refractivity contribution is -0.0177. The first-order valence-corrected chi connectivity index (χ1v) is 16.3. The summed E-state index contributed by atoms with van der Waals surface area (Å²) in [4.78, 5) is 0. The zero-order chi connectivity index (χ0) is 28.8. The Morgan fingerprint density at radius 2 is 0.825 bits per heavy atom. The van der Waals surface area contributed by atoms with Gasteiger partial charge in [0, 0.05) is 6.54 Å². The quantitative estimate of drug-likeness (QED) is 0.151. The van der Waals surface area contributed by atoms with E-state index in [9.17, 15) is 0 Å². The fourth-order valence-corrected chi connectivity index (χ4v) is 8.94. The van der Waals surface area contributed by atoms with Crippen LogP contribution in [0.1, 0.15) is 20.8 Å². The van der Waals surface area contributed by atoms with Gasteiger partial charge < -0.3 is 38.2 Å². The molecule has 2 aromatic rings. The number of ether oxygens (including phenoxy) is 6. The van der Waals surface area contributed by atoms with Crippen molar-refractivity contribution in [2.24, 2.45) is 0 Å². The maximum Gasteiger partial charge on any atom is 0.261 e. The molecule has 0 aliphatic heterocycles. The predicted octanol–water partition coefficient (Wildman–Crippen LogP) is 2.88. The molecular weight excluding hydrogens is 526 g/mol. The number of nitrogens with one attached hydrogen (secondary N) is 1. The average molecular weight is 578 g/mol. The van der Waals surface area contributed by atoms with E-state index in [-0.39, 0.29) is 5.04 Å². The summed E-state index contributed by atoms with van der Waals surface area (Å²) in [5.41, 5.74) is 0. The van der Waals surface area contributed by atoms with Crippen LogP contribution in [-0.4, -0.2) is 108 Å². The van der Waals surface area contributed by atoms with Crippen molar-refractivity contribution in [2.75, 3.05) is 99.5 Å². The van der Waals surface area contributed by atoms with Crippen molar-refractivity contribution >= 4 is 18.7 Å². The Labute approximate surface area is 242 Å². The standard InChI is InChI=1S/C31H51NO7Si/c1-31(2,3)40(29-11-7-5-8-12-29,30-13-9-6-10-14-30)39-28-27-38-26-25-37-24-23-36-22-21-35-20-19-34-18-17-33-16-15-32-4/h5-14,32H,15-28H2,1-4H3. The highest BCUT2D eigenvalue weighted by molar-refractivity contribution is 6.99. The first-order valence-electron chi connectivity index (χ1n) is 14.4. The van der Waals surface area contributed by atoms with Crippen LogP contribution in [0.25, 0.3) is 0 Å². The van der Waals surface area contributed by atoms with Crippen LogP contribution in [0.3, 0.4) is 0 Å². The molecule has 0 aliphatic rings. The Morgan fingerprint density at radius 3 is 1.15 bits per heavy atom. The molecule has 0 fully saturated rings. The Morgan fingerprint density at radius 1 is 0.500 bits per heavy atom. The maximum atomic E-state index is 6.83. The normalized spacial score (nSPS) is 12.2. The largest absolute Gasteiger partial charge is 0.405 e. The van der Waals surface area contributed by atoms with E-state index in [1.165, 1.54) is 10.4 Å². The molecule has 0 unspecified atom stereocenters. The molecule has 0 spiro atoms. The van der Waals surface area contributed by atoms with Crippen LogP contribution in [0.5, 0.6) is 0 Å². The number of hydrogen-bond acceptors (Lipinski definition) is 8. The van der Waals surface area contributed by atoms with Crippen LogP contribution in [0.2, 0.25) is 5.04 Å². The molecule has 0 saturated heterocycles. The highest BCUT2D eigenvalue weighted by Gasteiger charge is 2.49. The predicted molar refractivity (Wildman–Crippen MR) is 162 cm³/mol. The van der Waals surface area contributed by atoms with Crippen molar-refractivity contribution in [3.05, 3.63) is 60.7 Å². The average Bonchev–Trinajstić information content (AvgIpc) is 2.96. The molecule has 0 radical (unpaired) electrons. The SMILES string of the molecule is CNCCOCCOCCOCCOCCOCCOCCO[Si](c1ccccc1)(c1ccccc1)C(C)(C)C. The van der Waals surface area contributed by atoms with E-state index >= 15 is 0 Å². The van der Waals surface area contributed by atoms with Crippen molar-refractivity contribution in [3.63, 3.8) is 0 Å². The summed E-state index contributed by atoms with van der Waals surface area (Å²) in [6.07, 6.45) is 0. The molecule has 226 valence electrons. The van der Waals surface area contributed by atoms with E-state index in [2.05, 4.69) is 86.8 Å². The minimum absolute atomic E-state index is 0.0428. The summed E-state index contributed by atoms with van der Waals surface area (Å²) in [5, 5.41) is 5.54. The summed E-state index contributed by atoms with van der Waals surface area (Å²) in [5.74, 6) is 0. The van der Waals surface area contributed by atoms with Gasteiger partial charge in [0.25, 0.3) is 8.32 Å². The molecule has 0 saturated carbocycles. The molecule has 9 heteroatoms. The first-order chi connectivity index (χ1) is 19.5. The van der Waals surface area contributed by atoms with Crippen molar-refractivity contribution in [3.8, 4) is 0 Å². The zero-order valence-corrected chi connectivity index (χ0v) is 26.0. The second-order valence-electron chi connectivity index (χ2n) is 10.3. The minimum Gasteiger partial charge on any atom is -0.405 e. The lowest BCUT2D eigenvalue weighted by Crippen LogP contribution is -2.66. The molecule has 0 atom stereocenters. The third-order valence-corrected chi connectivity index (χ3v) is 11.4. The molecule has 2 rings (SSSR count). The van der Waals surface area contributed by atoms with Crippen LogP contribution in [0, 0.1) is 0 Å². The molecule has 0 amide bonds. The van der Waals surface area contributed by atoms with Gasteiger partial charge in [-0.1, -0.05) is 81.4 Å². The number of likely N-dealkylation sites (N-methyl/N-ethyl adjacent to an activating group) is 1. The molecule has 0 aliphatic carbocycles. The van der Waals surface area contributed by atoms with Crippen molar-refractivity contribution in [1.29, 1.82) is 0 Å². The lowest BCUT2D eigenvalue weighted by Gasteiger charge is -2.43. The van der Waals surface area contributed by atoms with Crippen LogP contribution < -0.4 is 15.7 Å². The molecule has 8 nitrogen and oxygen atoms in total. The van der Waals surface area contributed by atoms with Gasteiger partial charge in [0.1, 0.15) is 0 Å². The number of rotatable bonds is 24. The van der Waals surface area contributed by atoms with Gasteiger partial charge in [-0.15, -0.1) is 0 Å². The van der Waals surface area contributed by atoms with E-state index in [1.807, 2.05) is 7.05 Å². The molecule has 0 aromatic heterocycles. The first kappa shape index (κ1) is 34.5. The minimum atomic E-state index is -2.52. The number of hydrogen-bond donors (Lipinski definition) is 1. The van der Waals surface area contributed by atoms with E-state index in [1.54, 1.807) is 0 Å². The maximum absolute atomic E-state index is 6.83. The highest BCUT2D eigenvalue weighted by Crippen LogP contribution is 2.36. The second-order valence-corrected chi connectivity index (χ2v) is 14.6. The van der Waals surface area contributed by atoms with E-state index in [0.29, 0.717) is 85.9 Å². The van der Waals surface area contributed by atoms with Crippen molar-refractivity contribution in [2.45, 2.75) is 25.8 Å². The monoisotopic (exact) mass is 577 g/mol. The van der Waals surface area contributed by atoms with Gasteiger partial charge >= 0.3 is 0 Å². The Balaban J connectivity index is 1.52. The van der Waals surface area contributed by atoms with Crippen molar-refractivity contribution < 1.29 is 32.8 Å². The van der Waals surface area contributed by atoms with E-state index in [0.717, 1.165) is 6.54 Å². The van der Waals surface area contributed by atoms with Crippen molar-refractivity contribution in [1.82, 2.24) is 5.32 Å². The van der Waals surface area contributed by atoms with Gasteiger partial charge in [-0.3, -0.25) is 0 Å². The van der Waals surface area contributed by atoms with Crippen LogP contribution in [0.15, 0.2) is 60.7 Å². The molecule has 0 heterocycles.